The van der Waals surface area contributed by atoms with E-state index in [0.717, 1.165) is 0 Å². The Labute approximate surface area is 167 Å². The maximum absolute atomic E-state index is 13.0. The van der Waals surface area contributed by atoms with Crippen LogP contribution < -0.4 is 16.4 Å². The van der Waals surface area contributed by atoms with Crippen molar-refractivity contribution in [3.63, 3.8) is 0 Å². The molecule has 0 aliphatic rings. The lowest BCUT2D eigenvalue weighted by molar-refractivity contribution is -0.145. The number of nitrogens with two attached hydrogens (primary N) is 1. The molecule has 4 N–H and O–H groups in total. The van der Waals surface area contributed by atoms with E-state index in [1.807, 2.05) is 0 Å². The van der Waals surface area contributed by atoms with Crippen molar-refractivity contribution in [2.45, 2.75) is 39.4 Å². The molecule has 0 fully saturated rings. The van der Waals surface area contributed by atoms with Gasteiger partial charge in [-0.15, -0.1) is 0 Å². The largest absolute Gasteiger partial charge is 0.457 e. The third-order valence-electron chi connectivity index (χ3n) is 3.16. The Morgan fingerprint density at radius 1 is 1.14 bits per heavy atom. The molecule has 29 heavy (non-hydrogen) atoms. The van der Waals surface area contributed by atoms with Crippen molar-refractivity contribution < 1.29 is 23.5 Å². The van der Waals surface area contributed by atoms with Crippen LogP contribution in [0.25, 0.3) is 0 Å². The van der Waals surface area contributed by atoms with Crippen LogP contribution in [-0.4, -0.2) is 39.2 Å². The number of halogens is 1. The molecule has 0 saturated carbocycles. The second-order valence-corrected chi connectivity index (χ2v) is 6.90. The second-order valence-electron chi connectivity index (χ2n) is 6.90. The molecule has 0 saturated heterocycles. The smallest absolute Gasteiger partial charge is 0.407 e. The Morgan fingerprint density at radius 3 is 2.48 bits per heavy atom. The van der Waals surface area contributed by atoms with Gasteiger partial charge < -0.3 is 25.8 Å². The van der Waals surface area contributed by atoms with Gasteiger partial charge in [0, 0.05) is 12.2 Å². The van der Waals surface area contributed by atoms with Gasteiger partial charge in [0.1, 0.15) is 11.4 Å². The van der Waals surface area contributed by atoms with E-state index in [2.05, 4.69) is 25.6 Å². The van der Waals surface area contributed by atoms with Gasteiger partial charge in [0.2, 0.25) is 11.9 Å². The van der Waals surface area contributed by atoms with E-state index in [0.29, 0.717) is 5.69 Å². The molecule has 1 aromatic carbocycles. The predicted octanol–water partition coefficient (Wildman–Crippen LogP) is 2.29. The third-order valence-corrected chi connectivity index (χ3v) is 3.16. The summed E-state index contributed by atoms with van der Waals surface area (Å²) < 4.78 is 23.1. The van der Waals surface area contributed by atoms with Crippen molar-refractivity contribution in [1.29, 1.82) is 0 Å². The fourth-order valence-electron chi connectivity index (χ4n) is 2.02. The minimum Gasteiger partial charge on any atom is -0.457 e. The Kier molecular flexibility index (Phi) is 7.23. The number of alkyl carbamates (subject to hydrolysis) is 1. The highest BCUT2D eigenvalue weighted by Gasteiger charge is 2.16. The molecule has 0 spiro atoms. The quantitative estimate of drug-likeness (QED) is 0.590. The van der Waals surface area contributed by atoms with Gasteiger partial charge >= 0.3 is 12.1 Å². The zero-order valence-corrected chi connectivity index (χ0v) is 16.4. The number of rotatable bonds is 7. The lowest BCUT2D eigenvalue weighted by Gasteiger charge is -2.19. The van der Waals surface area contributed by atoms with Crippen molar-refractivity contribution in [3.8, 4) is 0 Å². The third kappa shape index (κ3) is 8.37. The van der Waals surface area contributed by atoms with Crippen molar-refractivity contribution in [3.05, 3.63) is 35.9 Å². The zero-order chi connectivity index (χ0) is 21.4. The monoisotopic (exact) mass is 406 g/mol. The van der Waals surface area contributed by atoms with E-state index in [1.54, 1.807) is 20.8 Å². The van der Waals surface area contributed by atoms with Gasteiger partial charge in [-0.2, -0.15) is 15.0 Å². The molecule has 1 amide bonds. The van der Waals surface area contributed by atoms with E-state index in [9.17, 15) is 14.0 Å². The van der Waals surface area contributed by atoms with E-state index in [1.165, 1.54) is 24.3 Å². The number of aromatic nitrogens is 3. The van der Waals surface area contributed by atoms with Gasteiger partial charge in [-0.1, -0.05) is 0 Å². The highest BCUT2D eigenvalue weighted by molar-refractivity contribution is 5.72. The number of ether oxygens (including phenoxy) is 2. The van der Waals surface area contributed by atoms with Gasteiger partial charge in [0.25, 0.3) is 0 Å². The summed E-state index contributed by atoms with van der Waals surface area (Å²) >= 11 is 0. The number of nitrogen functional groups attached to an aromatic ring is 1. The Morgan fingerprint density at radius 2 is 1.83 bits per heavy atom. The molecule has 2 rings (SSSR count). The number of carbonyl (C=O) groups is 2. The summed E-state index contributed by atoms with van der Waals surface area (Å²) in [6.07, 6.45) is -0.674. The number of benzene rings is 1. The number of hydrogen-bond acceptors (Lipinski definition) is 9. The van der Waals surface area contributed by atoms with Gasteiger partial charge in [0.15, 0.2) is 12.4 Å². The lowest BCUT2D eigenvalue weighted by atomic mass is 10.2. The van der Waals surface area contributed by atoms with Crippen molar-refractivity contribution in [1.82, 2.24) is 20.3 Å². The summed E-state index contributed by atoms with van der Waals surface area (Å²) in [5.74, 6) is -0.743. The van der Waals surface area contributed by atoms with Crippen LogP contribution in [0.5, 0.6) is 0 Å². The minimum atomic E-state index is -0.622. The van der Waals surface area contributed by atoms with Crippen LogP contribution in [0, 0.1) is 5.82 Å². The van der Waals surface area contributed by atoms with Crippen molar-refractivity contribution in [2.24, 2.45) is 0 Å². The number of nitrogens with zero attached hydrogens (tertiary/aromatic N) is 3. The molecule has 0 aliphatic heterocycles. The molecule has 10 nitrogen and oxygen atoms in total. The molecule has 2 aromatic rings. The summed E-state index contributed by atoms with van der Waals surface area (Å²) in [5.41, 5.74) is 5.57. The first kappa shape index (κ1) is 21.8. The molecule has 0 bridgehead atoms. The van der Waals surface area contributed by atoms with Gasteiger partial charge in [-0.05, 0) is 45.0 Å². The fourth-order valence-corrected chi connectivity index (χ4v) is 2.02. The SMILES string of the molecule is CC(C)(C)OC(=O)NCCC(=O)OCc1nc(N)nc(Nc2ccc(F)cc2)n1. The molecule has 0 unspecified atom stereocenters. The standard InChI is InChI=1S/C18H23FN6O4/c1-18(2,3)29-17(27)21-9-8-14(26)28-10-13-23-15(20)25-16(24-13)22-12-6-4-11(19)5-7-12/h4-7H,8-10H2,1-3H3,(H,21,27)(H3,20,22,23,24,25). The van der Waals surface area contributed by atoms with Crippen molar-refractivity contribution in [2.75, 3.05) is 17.6 Å². The van der Waals surface area contributed by atoms with Crippen LogP contribution in [0.3, 0.4) is 0 Å². The van der Waals surface area contributed by atoms with E-state index >= 15 is 0 Å². The predicted molar refractivity (Wildman–Crippen MR) is 103 cm³/mol. The molecule has 11 heteroatoms. The highest BCUT2D eigenvalue weighted by Crippen LogP contribution is 2.14. The summed E-state index contributed by atoms with van der Waals surface area (Å²) in [6, 6.07) is 5.57. The van der Waals surface area contributed by atoms with Crippen LogP contribution in [0.15, 0.2) is 24.3 Å². The highest BCUT2D eigenvalue weighted by atomic mass is 19.1. The van der Waals surface area contributed by atoms with Crippen molar-refractivity contribution >= 4 is 29.6 Å². The average Bonchev–Trinajstić information content (AvgIpc) is 2.60. The first-order chi connectivity index (χ1) is 13.6. The lowest BCUT2D eigenvalue weighted by Crippen LogP contribution is -2.33. The van der Waals surface area contributed by atoms with Crippen LogP contribution >= 0.6 is 0 Å². The molecular weight excluding hydrogens is 383 g/mol. The molecule has 0 radical (unpaired) electrons. The van der Waals surface area contributed by atoms with E-state index in [-0.39, 0.29) is 43.1 Å². The molecular formula is C18H23FN6O4. The summed E-state index contributed by atoms with van der Waals surface area (Å²) in [4.78, 5) is 35.2. The van der Waals surface area contributed by atoms with Crippen LogP contribution in [-0.2, 0) is 20.9 Å². The number of hydrogen-bond donors (Lipinski definition) is 3. The first-order valence-electron chi connectivity index (χ1n) is 8.76. The molecule has 156 valence electrons. The zero-order valence-electron chi connectivity index (χ0n) is 16.4. The van der Waals surface area contributed by atoms with Crippen LogP contribution in [0.1, 0.15) is 33.0 Å². The number of amides is 1. The topological polar surface area (TPSA) is 141 Å². The molecule has 0 aliphatic carbocycles. The Balaban J connectivity index is 1.82. The van der Waals surface area contributed by atoms with Crippen LogP contribution in [0.4, 0.5) is 26.8 Å². The van der Waals surface area contributed by atoms with Gasteiger partial charge in [-0.3, -0.25) is 4.79 Å². The summed E-state index contributed by atoms with van der Waals surface area (Å²) in [5, 5.41) is 5.31. The molecule has 1 heterocycles. The second kappa shape index (κ2) is 9.62. The number of esters is 1. The molecule has 0 atom stereocenters. The number of carbonyl (C=O) groups excluding carboxylic acids is 2. The summed E-state index contributed by atoms with van der Waals surface area (Å²) in [7, 11) is 0. The van der Waals surface area contributed by atoms with Gasteiger partial charge in [0.05, 0.1) is 6.42 Å². The number of nitrogens with one attached hydrogen (secondary N) is 2. The Bertz CT molecular complexity index is 854. The van der Waals surface area contributed by atoms with E-state index < -0.39 is 17.7 Å². The maximum atomic E-state index is 13.0. The minimum absolute atomic E-state index is 0.0551. The number of anilines is 3. The summed E-state index contributed by atoms with van der Waals surface area (Å²) in [6.45, 7) is 5.04. The normalized spacial score (nSPS) is 10.9. The Hall–Kier alpha value is -3.50. The fraction of sp³-hybridized carbons (Fsp3) is 0.389. The average molecular weight is 406 g/mol. The van der Waals surface area contributed by atoms with Gasteiger partial charge in [-0.25, -0.2) is 9.18 Å². The molecule has 1 aromatic heterocycles. The maximum Gasteiger partial charge on any atom is 0.407 e. The first-order valence-corrected chi connectivity index (χ1v) is 8.76. The van der Waals surface area contributed by atoms with E-state index in [4.69, 9.17) is 15.2 Å². The van der Waals surface area contributed by atoms with Crippen LogP contribution in [0.2, 0.25) is 0 Å².